The molecule has 31 heavy (non-hydrogen) atoms. The molecule has 2 aliphatic rings. The molecule has 0 bridgehead atoms. The summed E-state index contributed by atoms with van der Waals surface area (Å²) in [7, 11) is 19.6. The van der Waals surface area contributed by atoms with Crippen molar-refractivity contribution in [1.82, 2.24) is 24.5 Å². The van der Waals surface area contributed by atoms with Crippen LogP contribution in [0.1, 0.15) is 57.8 Å². The lowest BCUT2D eigenvalue weighted by atomic mass is 9.75. The molecule has 0 aromatic carbocycles. The second-order valence-corrected chi connectivity index (χ2v) is 11.4. The molecule has 0 aromatic heterocycles. The fraction of sp³-hybridized carbons (Fsp3) is 1.00. The zero-order valence-corrected chi connectivity index (χ0v) is 22.7. The predicted molar refractivity (Wildman–Crippen MR) is 138 cm³/mol. The molecular formula is C26H57N5. The van der Waals surface area contributed by atoms with E-state index in [0.29, 0.717) is 0 Å². The Hall–Kier alpha value is -0.200. The summed E-state index contributed by atoms with van der Waals surface area (Å²) in [5.41, 5.74) is 0. The van der Waals surface area contributed by atoms with Gasteiger partial charge in [0.1, 0.15) is 0 Å². The lowest BCUT2D eigenvalue weighted by Gasteiger charge is -2.37. The molecule has 5 heteroatoms. The third-order valence-corrected chi connectivity index (χ3v) is 7.62. The van der Waals surface area contributed by atoms with Crippen LogP contribution in [0, 0.1) is 11.8 Å². The van der Waals surface area contributed by atoms with Gasteiger partial charge in [-0.05, 0) is 133 Å². The summed E-state index contributed by atoms with van der Waals surface area (Å²) in [5, 5.41) is 0. The lowest BCUT2D eigenvalue weighted by molar-refractivity contribution is 0.146. The van der Waals surface area contributed by atoms with E-state index in [1.54, 1.807) is 0 Å². The third-order valence-electron chi connectivity index (χ3n) is 7.62. The van der Waals surface area contributed by atoms with E-state index in [1.807, 2.05) is 0 Å². The van der Waals surface area contributed by atoms with Crippen molar-refractivity contribution in [2.24, 2.45) is 11.8 Å². The molecule has 0 aromatic rings. The van der Waals surface area contributed by atoms with Crippen LogP contribution in [0.15, 0.2) is 0 Å². The monoisotopic (exact) mass is 439 g/mol. The molecule has 0 heterocycles. The fourth-order valence-electron chi connectivity index (χ4n) is 5.12. The maximum atomic E-state index is 2.43. The Bertz CT molecular complexity index is 384. The van der Waals surface area contributed by atoms with E-state index in [1.165, 1.54) is 57.8 Å². The van der Waals surface area contributed by atoms with Crippen LogP contribution < -0.4 is 0 Å². The summed E-state index contributed by atoms with van der Waals surface area (Å²) >= 11 is 0. The predicted octanol–water partition coefficient (Wildman–Crippen LogP) is 3.66. The molecule has 5 nitrogen and oxygen atoms in total. The van der Waals surface area contributed by atoms with E-state index in [9.17, 15) is 0 Å². The van der Waals surface area contributed by atoms with Crippen LogP contribution in [0.2, 0.25) is 0 Å². The molecule has 0 saturated heterocycles. The Kier molecular flexibility index (Phi) is 14.5. The largest absolute Gasteiger partial charge is 0.308 e. The molecule has 2 fully saturated rings. The Labute approximate surface area is 196 Å². The standard InChI is InChI=1S/C17H34N2.C9H23N3/c1-18(2)16-9-5-14(6-10-16)13-15-7-11-17(12-8-15)19(3)4;1-10(2)6-8-12(5)9-7-11(3)4/h14-17H,5-13H2,1-4H3;6-9H2,1-5H3. The average Bonchev–Trinajstić information content (AvgIpc) is 2.72. The molecule has 0 amide bonds. The van der Waals surface area contributed by atoms with Gasteiger partial charge >= 0.3 is 0 Å². The number of rotatable bonds is 10. The van der Waals surface area contributed by atoms with Gasteiger partial charge in [-0.25, -0.2) is 0 Å². The highest BCUT2D eigenvalue weighted by Gasteiger charge is 2.27. The van der Waals surface area contributed by atoms with Gasteiger partial charge in [0, 0.05) is 38.3 Å². The zero-order chi connectivity index (χ0) is 23.4. The van der Waals surface area contributed by atoms with E-state index < -0.39 is 0 Å². The van der Waals surface area contributed by atoms with Gasteiger partial charge in [-0.1, -0.05) is 0 Å². The van der Waals surface area contributed by atoms with Crippen molar-refractivity contribution in [3.8, 4) is 0 Å². The maximum absolute atomic E-state index is 2.43. The molecule has 0 aliphatic heterocycles. The van der Waals surface area contributed by atoms with Crippen LogP contribution >= 0.6 is 0 Å². The molecule has 2 aliphatic carbocycles. The van der Waals surface area contributed by atoms with Crippen molar-refractivity contribution < 1.29 is 0 Å². The number of nitrogens with zero attached hydrogens (tertiary/aromatic N) is 5. The molecule has 0 unspecified atom stereocenters. The highest BCUT2D eigenvalue weighted by molar-refractivity contribution is 4.82. The molecule has 0 spiro atoms. The summed E-state index contributed by atoms with van der Waals surface area (Å²) in [4.78, 5) is 11.6. The van der Waals surface area contributed by atoms with Crippen molar-refractivity contribution in [3.63, 3.8) is 0 Å². The van der Waals surface area contributed by atoms with Gasteiger partial charge in [-0.15, -0.1) is 0 Å². The molecule has 2 saturated carbocycles. The van der Waals surface area contributed by atoms with E-state index >= 15 is 0 Å². The fourth-order valence-corrected chi connectivity index (χ4v) is 5.12. The van der Waals surface area contributed by atoms with Crippen LogP contribution in [-0.4, -0.2) is 126 Å². The van der Waals surface area contributed by atoms with E-state index in [4.69, 9.17) is 0 Å². The summed E-state index contributed by atoms with van der Waals surface area (Å²) in [5.74, 6) is 2.08. The Morgan fingerprint density at radius 1 is 0.452 bits per heavy atom. The summed E-state index contributed by atoms with van der Waals surface area (Å²) in [6.07, 6.45) is 13.2. The molecule has 186 valence electrons. The summed E-state index contributed by atoms with van der Waals surface area (Å²) < 4.78 is 0. The lowest BCUT2D eigenvalue weighted by Crippen LogP contribution is -2.34. The van der Waals surface area contributed by atoms with Crippen LogP contribution in [-0.2, 0) is 0 Å². The highest BCUT2D eigenvalue weighted by atomic mass is 15.2. The SMILES string of the molecule is CN(C)C1CCC(CC2CCC(N(C)C)CC2)CC1.CN(C)CCN(C)CCN(C)C. The minimum absolute atomic E-state index is 0.862. The van der Waals surface area contributed by atoms with Crippen molar-refractivity contribution in [1.29, 1.82) is 0 Å². The van der Waals surface area contributed by atoms with Crippen molar-refractivity contribution in [3.05, 3.63) is 0 Å². The van der Waals surface area contributed by atoms with E-state index in [0.717, 1.165) is 50.1 Å². The van der Waals surface area contributed by atoms with Gasteiger partial charge < -0.3 is 24.5 Å². The van der Waals surface area contributed by atoms with Crippen LogP contribution in [0.25, 0.3) is 0 Å². The van der Waals surface area contributed by atoms with Gasteiger partial charge in [0.2, 0.25) is 0 Å². The Morgan fingerprint density at radius 2 is 0.774 bits per heavy atom. The van der Waals surface area contributed by atoms with Gasteiger partial charge in [-0.2, -0.15) is 0 Å². The quantitative estimate of drug-likeness (QED) is 0.515. The van der Waals surface area contributed by atoms with Crippen molar-refractivity contribution in [2.75, 3.05) is 89.6 Å². The third kappa shape index (κ3) is 13.2. The number of likely N-dealkylation sites (N-methyl/N-ethyl adjacent to an activating group) is 3. The highest BCUT2D eigenvalue weighted by Crippen LogP contribution is 2.36. The number of hydrogen-bond acceptors (Lipinski definition) is 5. The summed E-state index contributed by atoms with van der Waals surface area (Å²) in [6.45, 7) is 4.59. The second kappa shape index (κ2) is 15.6. The first kappa shape index (κ1) is 28.8. The van der Waals surface area contributed by atoms with Gasteiger partial charge in [0.25, 0.3) is 0 Å². The van der Waals surface area contributed by atoms with Crippen LogP contribution in [0.5, 0.6) is 0 Å². The second-order valence-electron chi connectivity index (χ2n) is 11.4. The number of hydrogen-bond donors (Lipinski definition) is 0. The van der Waals surface area contributed by atoms with Crippen molar-refractivity contribution >= 4 is 0 Å². The topological polar surface area (TPSA) is 16.2 Å². The average molecular weight is 440 g/mol. The normalized spacial score (nSPS) is 27.3. The Balaban J connectivity index is 0.000000348. The minimum atomic E-state index is 0.862. The molecule has 0 N–H and O–H groups in total. The molecular weight excluding hydrogens is 382 g/mol. The van der Waals surface area contributed by atoms with Crippen molar-refractivity contribution in [2.45, 2.75) is 69.9 Å². The summed E-state index contributed by atoms with van der Waals surface area (Å²) in [6, 6.07) is 1.72. The van der Waals surface area contributed by atoms with E-state index in [2.05, 4.69) is 87.9 Å². The molecule has 0 radical (unpaired) electrons. The first-order valence-corrected chi connectivity index (χ1v) is 12.9. The van der Waals surface area contributed by atoms with E-state index in [-0.39, 0.29) is 0 Å². The van der Waals surface area contributed by atoms with Gasteiger partial charge in [0.15, 0.2) is 0 Å². The molecule has 0 atom stereocenters. The first-order chi connectivity index (χ1) is 14.6. The smallest absolute Gasteiger partial charge is 0.0107 e. The Morgan fingerprint density at radius 3 is 1.03 bits per heavy atom. The first-order valence-electron chi connectivity index (χ1n) is 12.9. The zero-order valence-electron chi connectivity index (χ0n) is 22.7. The maximum Gasteiger partial charge on any atom is 0.0107 e. The van der Waals surface area contributed by atoms with Crippen LogP contribution in [0.4, 0.5) is 0 Å². The van der Waals surface area contributed by atoms with Gasteiger partial charge in [0.05, 0.1) is 0 Å². The molecule has 2 rings (SSSR count). The van der Waals surface area contributed by atoms with Gasteiger partial charge in [-0.3, -0.25) is 0 Å². The van der Waals surface area contributed by atoms with Crippen LogP contribution in [0.3, 0.4) is 0 Å². The minimum Gasteiger partial charge on any atom is -0.308 e.